The van der Waals surface area contributed by atoms with Gasteiger partial charge in [-0.15, -0.1) is 0 Å². The maximum absolute atomic E-state index is 12.0. The van der Waals surface area contributed by atoms with Gasteiger partial charge in [0.15, 0.2) is 0 Å². The molecule has 1 aromatic heterocycles. The van der Waals surface area contributed by atoms with Crippen LogP contribution < -0.4 is 5.32 Å². The van der Waals surface area contributed by atoms with Crippen molar-refractivity contribution in [1.29, 1.82) is 0 Å². The van der Waals surface area contributed by atoms with Crippen molar-refractivity contribution < 1.29 is 14.3 Å². The van der Waals surface area contributed by atoms with Crippen LogP contribution in [0.2, 0.25) is 0 Å². The predicted molar refractivity (Wildman–Crippen MR) is 70.5 cm³/mol. The summed E-state index contributed by atoms with van der Waals surface area (Å²) in [4.78, 5) is 30.5. The number of methoxy groups -OCH3 is 1. The van der Waals surface area contributed by atoms with Crippen LogP contribution in [-0.4, -0.2) is 29.0 Å². The van der Waals surface area contributed by atoms with Crippen LogP contribution in [0.4, 0.5) is 5.69 Å². The highest BCUT2D eigenvalue weighted by Gasteiger charge is 2.25. The largest absolute Gasteiger partial charge is 0.468 e. The number of benzene rings is 1. The Morgan fingerprint density at radius 2 is 2.26 bits per heavy atom. The maximum atomic E-state index is 12.0. The highest BCUT2D eigenvalue weighted by Crippen LogP contribution is 2.17. The third kappa shape index (κ3) is 2.73. The molecule has 2 rings (SSSR count). The maximum Gasteiger partial charge on any atom is 0.318 e. The van der Waals surface area contributed by atoms with Gasteiger partial charge in [0.25, 0.3) is 0 Å². The number of ether oxygens (including phenoxy) is 1. The second-order valence-electron chi connectivity index (χ2n) is 4.11. The molecule has 100 valence electrons. The van der Waals surface area contributed by atoms with E-state index in [1.165, 1.54) is 7.11 Å². The van der Waals surface area contributed by atoms with Gasteiger partial charge in [0.2, 0.25) is 5.91 Å². The summed E-state index contributed by atoms with van der Waals surface area (Å²) < 4.78 is 4.60. The summed E-state index contributed by atoms with van der Waals surface area (Å²) in [7, 11) is 1.27. The quantitative estimate of drug-likeness (QED) is 0.648. The molecule has 2 N–H and O–H groups in total. The fraction of sp³-hybridized carbons (Fsp3) is 0.308. The average Bonchev–Trinajstić information content (AvgIpc) is 2.86. The van der Waals surface area contributed by atoms with E-state index < -0.39 is 11.9 Å². The molecule has 0 saturated carbocycles. The van der Waals surface area contributed by atoms with Crippen LogP contribution in [0, 0.1) is 5.92 Å². The summed E-state index contributed by atoms with van der Waals surface area (Å²) in [5.41, 5.74) is 2.26. The Morgan fingerprint density at radius 3 is 2.95 bits per heavy atom. The van der Waals surface area contributed by atoms with E-state index in [0.717, 1.165) is 11.0 Å². The highest BCUT2D eigenvalue weighted by atomic mass is 16.5. The molecular weight excluding hydrogens is 246 g/mol. The number of nitrogens with zero attached hydrogens (tertiary/aromatic N) is 1. The van der Waals surface area contributed by atoms with Crippen LogP contribution in [0.15, 0.2) is 24.5 Å². The molecule has 0 spiro atoms. The summed E-state index contributed by atoms with van der Waals surface area (Å²) in [6.07, 6.45) is 1.98. The number of hydrogen-bond donors (Lipinski definition) is 2. The number of rotatable bonds is 4. The fourth-order valence-electron chi connectivity index (χ4n) is 1.84. The van der Waals surface area contributed by atoms with E-state index in [1.54, 1.807) is 31.5 Å². The van der Waals surface area contributed by atoms with E-state index in [-0.39, 0.29) is 5.91 Å². The summed E-state index contributed by atoms with van der Waals surface area (Å²) in [5, 5.41) is 2.70. The van der Waals surface area contributed by atoms with Gasteiger partial charge in [0.1, 0.15) is 5.92 Å². The van der Waals surface area contributed by atoms with Crippen molar-refractivity contribution in [1.82, 2.24) is 9.97 Å². The van der Waals surface area contributed by atoms with E-state index in [0.29, 0.717) is 12.1 Å². The van der Waals surface area contributed by atoms with Gasteiger partial charge in [0.05, 0.1) is 24.5 Å². The molecule has 1 amide bonds. The van der Waals surface area contributed by atoms with Gasteiger partial charge in [-0.2, -0.15) is 0 Å². The molecule has 1 heterocycles. The van der Waals surface area contributed by atoms with Crippen molar-refractivity contribution >= 4 is 28.6 Å². The molecule has 6 heteroatoms. The normalized spacial score (nSPS) is 12.1. The first-order chi connectivity index (χ1) is 9.15. The lowest BCUT2D eigenvalue weighted by Crippen LogP contribution is -2.30. The molecule has 0 fully saturated rings. The third-order valence-corrected chi connectivity index (χ3v) is 2.90. The van der Waals surface area contributed by atoms with Crippen molar-refractivity contribution in [3.63, 3.8) is 0 Å². The molecule has 19 heavy (non-hydrogen) atoms. The minimum atomic E-state index is -0.789. The molecule has 2 aromatic rings. The Hall–Kier alpha value is -2.37. The van der Waals surface area contributed by atoms with Crippen LogP contribution in [0.25, 0.3) is 11.0 Å². The number of esters is 1. The molecule has 0 aliphatic carbocycles. The highest BCUT2D eigenvalue weighted by molar-refractivity contribution is 6.05. The fourth-order valence-corrected chi connectivity index (χ4v) is 1.84. The molecule has 0 bridgehead atoms. The predicted octanol–water partition coefficient (Wildman–Crippen LogP) is 1.70. The number of nitrogens with one attached hydrogen (secondary N) is 2. The van der Waals surface area contributed by atoms with Gasteiger partial charge in [-0.25, -0.2) is 4.98 Å². The zero-order valence-electron chi connectivity index (χ0n) is 10.8. The van der Waals surface area contributed by atoms with Gasteiger partial charge in [0, 0.05) is 5.69 Å². The van der Waals surface area contributed by atoms with Gasteiger partial charge >= 0.3 is 5.97 Å². The van der Waals surface area contributed by atoms with Gasteiger partial charge in [-0.05, 0) is 24.6 Å². The Morgan fingerprint density at radius 1 is 1.47 bits per heavy atom. The number of aromatic nitrogens is 2. The lowest BCUT2D eigenvalue weighted by Gasteiger charge is -2.12. The minimum absolute atomic E-state index is 0.367. The smallest absolute Gasteiger partial charge is 0.318 e. The molecule has 0 aliphatic rings. The van der Waals surface area contributed by atoms with Crippen molar-refractivity contribution in [2.75, 3.05) is 12.4 Å². The first kappa shape index (κ1) is 13.1. The monoisotopic (exact) mass is 261 g/mol. The van der Waals surface area contributed by atoms with Crippen molar-refractivity contribution in [3.8, 4) is 0 Å². The second-order valence-corrected chi connectivity index (χ2v) is 4.11. The Labute approximate surface area is 110 Å². The van der Waals surface area contributed by atoms with Gasteiger partial charge in [-0.3, -0.25) is 9.59 Å². The number of imidazole rings is 1. The number of fused-ring (bicyclic) bond motifs is 1. The molecule has 0 radical (unpaired) electrons. The van der Waals surface area contributed by atoms with Crippen LogP contribution in [0.3, 0.4) is 0 Å². The summed E-state index contributed by atoms with van der Waals surface area (Å²) in [6, 6.07) is 5.30. The number of carbonyl (C=O) groups is 2. The molecule has 1 aromatic carbocycles. The van der Waals surface area contributed by atoms with Crippen molar-refractivity contribution in [3.05, 3.63) is 24.5 Å². The Balaban J connectivity index is 2.15. The molecule has 1 atom stereocenters. The summed E-state index contributed by atoms with van der Waals surface area (Å²) in [6.45, 7) is 1.76. The summed E-state index contributed by atoms with van der Waals surface area (Å²) >= 11 is 0. The van der Waals surface area contributed by atoms with Crippen molar-refractivity contribution in [2.45, 2.75) is 13.3 Å². The zero-order chi connectivity index (χ0) is 13.8. The minimum Gasteiger partial charge on any atom is -0.468 e. The SMILES string of the molecule is CCC(C(=O)Nc1ccc2nc[nH]c2c1)C(=O)OC. The molecule has 1 unspecified atom stereocenters. The van der Waals surface area contributed by atoms with Gasteiger partial charge in [-0.1, -0.05) is 6.92 Å². The Kier molecular flexibility index (Phi) is 3.79. The topological polar surface area (TPSA) is 84.1 Å². The molecule has 0 aliphatic heterocycles. The lowest BCUT2D eigenvalue weighted by molar-refractivity contribution is -0.148. The molecular formula is C13H15N3O3. The van der Waals surface area contributed by atoms with E-state index >= 15 is 0 Å². The van der Waals surface area contributed by atoms with E-state index in [4.69, 9.17) is 0 Å². The molecule has 6 nitrogen and oxygen atoms in total. The van der Waals surface area contributed by atoms with Crippen LogP contribution >= 0.6 is 0 Å². The van der Waals surface area contributed by atoms with E-state index in [2.05, 4.69) is 20.0 Å². The first-order valence-electron chi connectivity index (χ1n) is 5.97. The van der Waals surface area contributed by atoms with Crippen LogP contribution in [-0.2, 0) is 14.3 Å². The number of amides is 1. The number of hydrogen-bond acceptors (Lipinski definition) is 4. The number of H-pyrrole nitrogens is 1. The standard InChI is InChI=1S/C13H15N3O3/c1-3-9(13(18)19-2)12(17)16-8-4-5-10-11(6-8)15-7-14-10/h4-7,9H,3H2,1-2H3,(H,14,15)(H,16,17). The average molecular weight is 261 g/mol. The summed E-state index contributed by atoms with van der Waals surface area (Å²) in [5.74, 6) is -1.68. The molecule has 0 saturated heterocycles. The first-order valence-corrected chi connectivity index (χ1v) is 5.97. The number of anilines is 1. The van der Waals surface area contributed by atoms with Crippen LogP contribution in [0.1, 0.15) is 13.3 Å². The lowest BCUT2D eigenvalue weighted by atomic mass is 10.1. The third-order valence-electron chi connectivity index (χ3n) is 2.90. The van der Waals surface area contributed by atoms with E-state index in [1.807, 2.05) is 0 Å². The number of carbonyl (C=O) groups excluding carboxylic acids is 2. The zero-order valence-corrected chi connectivity index (χ0v) is 10.8. The van der Waals surface area contributed by atoms with Crippen LogP contribution in [0.5, 0.6) is 0 Å². The van der Waals surface area contributed by atoms with Gasteiger partial charge < -0.3 is 15.0 Å². The van der Waals surface area contributed by atoms with Crippen molar-refractivity contribution in [2.24, 2.45) is 5.92 Å². The second kappa shape index (κ2) is 5.51. The Bertz CT molecular complexity index is 606. The number of aromatic amines is 1. The van der Waals surface area contributed by atoms with E-state index in [9.17, 15) is 9.59 Å².